The topological polar surface area (TPSA) is 60.9 Å². The molecule has 0 unspecified atom stereocenters. The minimum absolute atomic E-state index is 0.0353. The number of para-hydroxylation sites is 1. The fraction of sp³-hybridized carbons (Fsp3) is 0.333. The molecule has 2 aromatic carbocycles. The standard InChI is InChI=1S/C24H26N2O4S/c1-3-26(14-18-5-4-6-21-24(18)29-12-11-28-21)23(27)13-19-16-31-22(25-19)15-30-20-9-7-17(2)8-10-20/h4-10,16H,3,11-15H2,1-2H3. The lowest BCUT2D eigenvalue weighted by Crippen LogP contribution is -2.32. The van der Waals surface area contributed by atoms with Gasteiger partial charge in [0.25, 0.3) is 0 Å². The van der Waals surface area contributed by atoms with Crippen LogP contribution in [0, 0.1) is 6.92 Å². The van der Waals surface area contributed by atoms with Crippen molar-refractivity contribution in [3.8, 4) is 17.2 Å². The van der Waals surface area contributed by atoms with Crippen LogP contribution in [-0.4, -0.2) is 35.5 Å². The maximum absolute atomic E-state index is 12.9. The average molecular weight is 439 g/mol. The van der Waals surface area contributed by atoms with Crippen LogP contribution in [0.3, 0.4) is 0 Å². The van der Waals surface area contributed by atoms with E-state index < -0.39 is 0 Å². The highest BCUT2D eigenvalue weighted by molar-refractivity contribution is 7.09. The Bertz CT molecular complexity index is 1030. The van der Waals surface area contributed by atoms with Crippen LogP contribution in [0.15, 0.2) is 47.8 Å². The molecule has 2 heterocycles. The summed E-state index contributed by atoms with van der Waals surface area (Å²) < 4.78 is 17.2. The molecular formula is C24H26N2O4S. The maximum atomic E-state index is 12.9. The number of aromatic nitrogens is 1. The van der Waals surface area contributed by atoms with Crippen LogP contribution in [0.25, 0.3) is 0 Å². The fourth-order valence-electron chi connectivity index (χ4n) is 3.38. The first-order valence-corrected chi connectivity index (χ1v) is 11.3. The molecule has 162 valence electrons. The number of benzene rings is 2. The Labute approximate surface area is 186 Å². The van der Waals surface area contributed by atoms with E-state index in [9.17, 15) is 4.79 Å². The highest BCUT2D eigenvalue weighted by atomic mass is 32.1. The summed E-state index contributed by atoms with van der Waals surface area (Å²) in [6, 6.07) is 13.7. The van der Waals surface area contributed by atoms with Crippen LogP contribution >= 0.6 is 11.3 Å². The monoisotopic (exact) mass is 438 g/mol. The number of thiazole rings is 1. The minimum Gasteiger partial charge on any atom is -0.486 e. The second-order valence-electron chi connectivity index (χ2n) is 7.36. The summed E-state index contributed by atoms with van der Waals surface area (Å²) in [5, 5.41) is 2.79. The van der Waals surface area contributed by atoms with Gasteiger partial charge in [0.05, 0.1) is 12.1 Å². The number of amides is 1. The second kappa shape index (κ2) is 9.83. The van der Waals surface area contributed by atoms with E-state index in [1.54, 1.807) is 0 Å². The molecule has 0 aliphatic carbocycles. The summed E-state index contributed by atoms with van der Waals surface area (Å²) in [5.41, 5.74) is 2.92. The van der Waals surface area contributed by atoms with Crippen LogP contribution in [-0.2, 0) is 24.4 Å². The van der Waals surface area contributed by atoms with Crippen molar-refractivity contribution in [2.45, 2.75) is 33.4 Å². The van der Waals surface area contributed by atoms with Crippen LogP contribution in [0.1, 0.15) is 28.8 Å². The Morgan fingerprint density at radius 1 is 1.16 bits per heavy atom. The zero-order chi connectivity index (χ0) is 21.6. The van der Waals surface area contributed by atoms with Gasteiger partial charge in [-0.1, -0.05) is 29.8 Å². The lowest BCUT2D eigenvalue weighted by atomic mass is 10.1. The minimum atomic E-state index is 0.0353. The smallest absolute Gasteiger partial charge is 0.228 e. The molecule has 0 saturated carbocycles. The molecule has 6 nitrogen and oxygen atoms in total. The molecular weight excluding hydrogens is 412 g/mol. The van der Waals surface area contributed by atoms with E-state index in [1.165, 1.54) is 16.9 Å². The third-order valence-electron chi connectivity index (χ3n) is 5.06. The highest BCUT2D eigenvalue weighted by Crippen LogP contribution is 2.34. The van der Waals surface area contributed by atoms with Crippen molar-refractivity contribution in [3.63, 3.8) is 0 Å². The number of likely N-dealkylation sites (N-methyl/N-ethyl adjacent to an activating group) is 1. The SMILES string of the molecule is CCN(Cc1cccc2c1OCCO2)C(=O)Cc1csc(COc2ccc(C)cc2)n1. The fourth-order valence-corrected chi connectivity index (χ4v) is 4.09. The van der Waals surface area contributed by atoms with Crippen molar-refractivity contribution >= 4 is 17.2 Å². The van der Waals surface area contributed by atoms with Gasteiger partial charge in [0.2, 0.25) is 5.91 Å². The summed E-state index contributed by atoms with van der Waals surface area (Å²) in [6.07, 6.45) is 0.265. The predicted molar refractivity (Wildman–Crippen MR) is 120 cm³/mol. The van der Waals surface area contributed by atoms with Crippen molar-refractivity contribution < 1.29 is 19.0 Å². The number of rotatable bonds is 8. The number of hydrogen-bond acceptors (Lipinski definition) is 6. The average Bonchev–Trinajstić information content (AvgIpc) is 3.24. The molecule has 7 heteroatoms. The molecule has 3 aromatic rings. The lowest BCUT2D eigenvalue weighted by Gasteiger charge is -2.25. The highest BCUT2D eigenvalue weighted by Gasteiger charge is 2.20. The molecule has 0 N–H and O–H groups in total. The second-order valence-corrected chi connectivity index (χ2v) is 8.30. The first kappa shape index (κ1) is 21.2. The molecule has 0 radical (unpaired) electrons. The summed E-state index contributed by atoms with van der Waals surface area (Å²) in [5.74, 6) is 2.33. The zero-order valence-corrected chi connectivity index (χ0v) is 18.6. The summed E-state index contributed by atoms with van der Waals surface area (Å²) in [4.78, 5) is 19.3. The first-order chi connectivity index (χ1) is 15.1. The number of carbonyl (C=O) groups is 1. The number of ether oxygens (including phenoxy) is 3. The molecule has 0 fully saturated rings. The van der Waals surface area contributed by atoms with Crippen molar-refractivity contribution in [2.75, 3.05) is 19.8 Å². The van der Waals surface area contributed by atoms with E-state index >= 15 is 0 Å². The van der Waals surface area contributed by atoms with E-state index in [0.717, 1.165) is 33.5 Å². The molecule has 0 bridgehead atoms. The molecule has 0 atom stereocenters. The van der Waals surface area contributed by atoms with Crippen molar-refractivity contribution in [1.82, 2.24) is 9.88 Å². The third kappa shape index (κ3) is 5.35. The number of fused-ring (bicyclic) bond motifs is 1. The molecule has 1 aromatic heterocycles. The molecule has 31 heavy (non-hydrogen) atoms. The Hall–Kier alpha value is -3.06. The zero-order valence-electron chi connectivity index (χ0n) is 17.8. The largest absolute Gasteiger partial charge is 0.486 e. The number of hydrogen-bond donors (Lipinski definition) is 0. The summed E-state index contributed by atoms with van der Waals surface area (Å²) >= 11 is 1.51. The van der Waals surface area contributed by atoms with Crippen LogP contribution in [0.4, 0.5) is 0 Å². The third-order valence-corrected chi connectivity index (χ3v) is 5.93. The number of nitrogens with zero attached hydrogens (tertiary/aromatic N) is 2. The Kier molecular flexibility index (Phi) is 6.72. The molecule has 1 aliphatic rings. The lowest BCUT2D eigenvalue weighted by molar-refractivity contribution is -0.130. The first-order valence-electron chi connectivity index (χ1n) is 10.4. The van der Waals surface area contributed by atoms with Gasteiger partial charge in [0.15, 0.2) is 11.5 Å². The van der Waals surface area contributed by atoms with E-state index in [-0.39, 0.29) is 12.3 Å². The van der Waals surface area contributed by atoms with Crippen molar-refractivity contribution in [3.05, 3.63) is 69.7 Å². The van der Waals surface area contributed by atoms with Gasteiger partial charge in [-0.25, -0.2) is 4.98 Å². The van der Waals surface area contributed by atoms with Gasteiger partial charge in [-0.05, 0) is 32.0 Å². The van der Waals surface area contributed by atoms with Gasteiger partial charge in [-0.2, -0.15) is 0 Å². The van der Waals surface area contributed by atoms with Crippen molar-refractivity contribution in [2.24, 2.45) is 0 Å². The van der Waals surface area contributed by atoms with E-state index in [4.69, 9.17) is 14.2 Å². The van der Waals surface area contributed by atoms with Gasteiger partial charge in [-0.15, -0.1) is 11.3 Å². The van der Waals surface area contributed by atoms with Gasteiger partial charge < -0.3 is 19.1 Å². The maximum Gasteiger partial charge on any atom is 0.228 e. The molecule has 0 saturated heterocycles. The Morgan fingerprint density at radius 3 is 2.77 bits per heavy atom. The van der Waals surface area contributed by atoms with Crippen LogP contribution < -0.4 is 14.2 Å². The van der Waals surface area contributed by atoms with E-state index in [0.29, 0.717) is 32.9 Å². The quantitative estimate of drug-likeness (QED) is 0.522. The van der Waals surface area contributed by atoms with Crippen LogP contribution in [0.2, 0.25) is 0 Å². The van der Waals surface area contributed by atoms with Gasteiger partial charge >= 0.3 is 0 Å². The van der Waals surface area contributed by atoms with Crippen molar-refractivity contribution in [1.29, 1.82) is 0 Å². The molecule has 0 spiro atoms. The number of aryl methyl sites for hydroxylation is 1. The molecule has 1 amide bonds. The Morgan fingerprint density at radius 2 is 1.97 bits per heavy atom. The predicted octanol–water partition coefficient (Wildman–Crippen LogP) is 4.39. The molecule has 1 aliphatic heterocycles. The van der Waals surface area contributed by atoms with E-state index in [2.05, 4.69) is 4.98 Å². The van der Waals surface area contributed by atoms with Gasteiger partial charge in [0.1, 0.15) is 30.6 Å². The number of carbonyl (C=O) groups excluding carboxylic acids is 1. The van der Waals surface area contributed by atoms with Gasteiger partial charge in [0, 0.05) is 24.0 Å². The normalized spacial score (nSPS) is 12.5. The Balaban J connectivity index is 1.35. The summed E-state index contributed by atoms with van der Waals surface area (Å²) in [7, 11) is 0. The summed E-state index contributed by atoms with van der Waals surface area (Å²) in [6.45, 7) is 6.58. The van der Waals surface area contributed by atoms with Crippen LogP contribution in [0.5, 0.6) is 17.2 Å². The molecule has 4 rings (SSSR count). The van der Waals surface area contributed by atoms with E-state index in [1.807, 2.05) is 66.6 Å². The van der Waals surface area contributed by atoms with Gasteiger partial charge in [-0.3, -0.25) is 4.79 Å².